The summed E-state index contributed by atoms with van der Waals surface area (Å²) in [5.74, 6) is 2.22. The average molecular weight is 271 g/mol. The molecule has 0 unspecified atom stereocenters. The fourth-order valence-electron chi connectivity index (χ4n) is 2.05. The Bertz CT molecular complexity index is 746. The Morgan fingerprint density at radius 3 is 2.40 bits per heavy atom. The summed E-state index contributed by atoms with van der Waals surface area (Å²) >= 11 is 0. The summed E-state index contributed by atoms with van der Waals surface area (Å²) < 4.78 is 10.7. The maximum absolute atomic E-state index is 5.80. The van der Waals surface area contributed by atoms with Gasteiger partial charge < -0.3 is 20.2 Å². The van der Waals surface area contributed by atoms with Crippen LogP contribution in [0, 0.1) is 0 Å². The van der Waals surface area contributed by atoms with Crippen LogP contribution < -0.4 is 15.2 Å². The summed E-state index contributed by atoms with van der Waals surface area (Å²) in [6, 6.07) is 5.51. The van der Waals surface area contributed by atoms with Crippen molar-refractivity contribution in [2.75, 3.05) is 20.0 Å². The summed E-state index contributed by atoms with van der Waals surface area (Å²) in [5, 5.41) is 0. The largest absolute Gasteiger partial charge is 0.496 e. The number of nitrogens with two attached hydrogens (primary N) is 1. The monoisotopic (exact) mass is 271 g/mol. The third-order valence-corrected chi connectivity index (χ3v) is 2.98. The quantitative estimate of drug-likeness (QED) is 0.751. The van der Waals surface area contributed by atoms with Crippen molar-refractivity contribution < 1.29 is 9.47 Å². The molecule has 0 spiro atoms. The smallest absolute Gasteiger partial charge is 0.183 e. The lowest BCUT2D eigenvalue weighted by Crippen LogP contribution is -1.94. The van der Waals surface area contributed by atoms with Crippen molar-refractivity contribution in [2.45, 2.75) is 0 Å². The van der Waals surface area contributed by atoms with E-state index in [1.54, 1.807) is 14.2 Å². The van der Waals surface area contributed by atoms with Gasteiger partial charge in [0.1, 0.15) is 34.7 Å². The molecular weight excluding hydrogens is 258 g/mol. The molecule has 0 amide bonds. The lowest BCUT2D eigenvalue weighted by atomic mass is 10.1. The first-order chi connectivity index (χ1) is 9.74. The fraction of sp³-hybridized carbons (Fsp3) is 0.154. The summed E-state index contributed by atoms with van der Waals surface area (Å²) in [7, 11) is 3.18. The highest BCUT2D eigenvalue weighted by Crippen LogP contribution is 2.37. The lowest BCUT2D eigenvalue weighted by molar-refractivity contribution is 0.397. The second kappa shape index (κ2) is 4.69. The number of anilines is 1. The second-order valence-electron chi connectivity index (χ2n) is 4.08. The van der Waals surface area contributed by atoms with Crippen molar-refractivity contribution >= 4 is 17.0 Å². The Kier molecular flexibility index (Phi) is 2.86. The number of fused-ring (bicyclic) bond motifs is 1. The van der Waals surface area contributed by atoms with Crippen molar-refractivity contribution in [2.24, 2.45) is 0 Å². The first-order valence-corrected chi connectivity index (χ1v) is 5.92. The van der Waals surface area contributed by atoms with Crippen LogP contribution in [0.5, 0.6) is 11.5 Å². The minimum atomic E-state index is 0.350. The van der Waals surface area contributed by atoms with E-state index in [4.69, 9.17) is 15.2 Å². The third kappa shape index (κ3) is 1.80. The van der Waals surface area contributed by atoms with Gasteiger partial charge >= 0.3 is 0 Å². The molecule has 0 bridgehead atoms. The average Bonchev–Trinajstić information content (AvgIpc) is 2.91. The van der Waals surface area contributed by atoms with Crippen molar-refractivity contribution in [1.29, 1.82) is 0 Å². The SMILES string of the molecule is COc1cccc(OC)c1-c1nc2ncnc(N)c2[nH]1. The van der Waals surface area contributed by atoms with Gasteiger partial charge in [-0.1, -0.05) is 6.07 Å². The first-order valence-electron chi connectivity index (χ1n) is 5.92. The number of aromatic amines is 1. The van der Waals surface area contributed by atoms with Gasteiger partial charge in [-0.05, 0) is 12.1 Å². The van der Waals surface area contributed by atoms with E-state index in [0.717, 1.165) is 5.56 Å². The molecule has 0 aliphatic heterocycles. The normalized spacial score (nSPS) is 10.7. The highest BCUT2D eigenvalue weighted by Gasteiger charge is 2.17. The zero-order valence-corrected chi connectivity index (χ0v) is 11.0. The van der Waals surface area contributed by atoms with Gasteiger partial charge in [-0.3, -0.25) is 0 Å². The Morgan fingerprint density at radius 1 is 1.10 bits per heavy atom. The number of hydrogen-bond donors (Lipinski definition) is 2. The van der Waals surface area contributed by atoms with Crippen LogP contribution in [0.1, 0.15) is 0 Å². The Hall–Kier alpha value is -2.83. The van der Waals surface area contributed by atoms with E-state index >= 15 is 0 Å². The zero-order chi connectivity index (χ0) is 14.1. The van der Waals surface area contributed by atoms with E-state index in [1.165, 1.54) is 6.33 Å². The number of aromatic nitrogens is 4. The number of nitrogens with zero attached hydrogens (tertiary/aromatic N) is 3. The van der Waals surface area contributed by atoms with Crippen molar-refractivity contribution in [3.63, 3.8) is 0 Å². The van der Waals surface area contributed by atoms with E-state index in [-0.39, 0.29) is 0 Å². The standard InChI is InChI=1S/C13H13N5O2/c1-19-7-4-3-5-8(20-2)9(7)12-17-10-11(14)15-6-16-13(10)18-12/h3-6H,1-2H3,(H3,14,15,16,17,18). The van der Waals surface area contributed by atoms with Crippen LogP contribution in [-0.2, 0) is 0 Å². The van der Waals surface area contributed by atoms with E-state index in [9.17, 15) is 0 Å². The van der Waals surface area contributed by atoms with E-state index in [1.807, 2.05) is 18.2 Å². The first kappa shape index (κ1) is 12.2. The van der Waals surface area contributed by atoms with Crippen LogP contribution in [0.4, 0.5) is 5.82 Å². The molecule has 0 aliphatic rings. The number of methoxy groups -OCH3 is 2. The number of nitrogen functional groups attached to an aromatic ring is 1. The molecule has 0 atom stereocenters. The molecule has 2 aromatic heterocycles. The maximum Gasteiger partial charge on any atom is 0.183 e. The number of imidazole rings is 1. The molecule has 0 radical (unpaired) electrons. The molecule has 102 valence electrons. The van der Waals surface area contributed by atoms with Crippen molar-refractivity contribution in [1.82, 2.24) is 19.9 Å². The maximum atomic E-state index is 5.80. The summed E-state index contributed by atoms with van der Waals surface area (Å²) in [4.78, 5) is 15.5. The van der Waals surface area contributed by atoms with Crippen LogP contribution >= 0.6 is 0 Å². The number of rotatable bonds is 3. The molecule has 2 heterocycles. The molecule has 3 rings (SSSR count). The van der Waals surface area contributed by atoms with Crippen LogP contribution in [-0.4, -0.2) is 34.2 Å². The molecule has 7 nitrogen and oxygen atoms in total. The molecule has 20 heavy (non-hydrogen) atoms. The number of ether oxygens (including phenoxy) is 2. The zero-order valence-electron chi connectivity index (χ0n) is 11.0. The predicted molar refractivity (Wildman–Crippen MR) is 74.6 cm³/mol. The summed E-state index contributed by atoms with van der Waals surface area (Å²) in [6.07, 6.45) is 1.38. The summed E-state index contributed by atoms with van der Waals surface area (Å²) in [5.41, 5.74) is 7.61. The highest BCUT2D eigenvalue weighted by molar-refractivity contribution is 5.86. The van der Waals surface area contributed by atoms with Gasteiger partial charge in [-0.25, -0.2) is 15.0 Å². The number of nitrogens with one attached hydrogen (secondary N) is 1. The third-order valence-electron chi connectivity index (χ3n) is 2.98. The molecule has 3 aromatic rings. The number of benzene rings is 1. The Balaban J connectivity index is 2.27. The minimum absolute atomic E-state index is 0.350. The van der Waals surface area contributed by atoms with E-state index < -0.39 is 0 Å². The molecule has 0 aliphatic carbocycles. The molecule has 3 N–H and O–H groups in total. The fourth-order valence-corrected chi connectivity index (χ4v) is 2.05. The van der Waals surface area contributed by atoms with Crippen molar-refractivity contribution in [3.8, 4) is 22.9 Å². The number of hydrogen-bond acceptors (Lipinski definition) is 6. The van der Waals surface area contributed by atoms with Gasteiger partial charge in [-0.15, -0.1) is 0 Å². The second-order valence-corrected chi connectivity index (χ2v) is 4.08. The van der Waals surface area contributed by atoms with Crippen LogP contribution in [0.3, 0.4) is 0 Å². The molecular formula is C13H13N5O2. The molecule has 1 aromatic carbocycles. The van der Waals surface area contributed by atoms with Crippen LogP contribution in [0.25, 0.3) is 22.6 Å². The van der Waals surface area contributed by atoms with Gasteiger partial charge in [0.15, 0.2) is 11.5 Å². The van der Waals surface area contributed by atoms with E-state index in [0.29, 0.717) is 34.3 Å². The van der Waals surface area contributed by atoms with Crippen LogP contribution in [0.15, 0.2) is 24.5 Å². The summed E-state index contributed by atoms with van der Waals surface area (Å²) in [6.45, 7) is 0. The minimum Gasteiger partial charge on any atom is -0.496 e. The lowest BCUT2D eigenvalue weighted by Gasteiger charge is -2.10. The number of H-pyrrole nitrogens is 1. The topological polar surface area (TPSA) is 98.9 Å². The van der Waals surface area contributed by atoms with Gasteiger partial charge in [-0.2, -0.15) is 0 Å². The highest BCUT2D eigenvalue weighted by atomic mass is 16.5. The van der Waals surface area contributed by atoms with Crippen molar-refractivity contribution in [3.05, 3.63) is 24.5 Å². The Morgan fingerprint density at radius 2 is 1.80 bits per heavy atom. The molecule has 7 heteroatoms. The Labute approximate surface area is 114 Å². The molecule has 0 fully saturated rings. The predicted octanol–water partition coefficient (Wildman–Crippen LogP) is 1.62. The van der Waals surface area contributed by atoms with Gasteiger partial charge in [0.25, 0.3) is 0 Å². The van der Waals surface area contributed by atoms with Gasteiger partial charge in [0.05, 0.1) is 14.2 Å². The molecule has 0 saturated heterocycles. The van der Waals surface area contributed by atoms with Crippen LogP contribution in [0.2, 0.25) is 0 Å². The van der Waals surface area contributed by atoms with E-state index in [2.05, 4.69) is 19.9 Å². The van der Waals surface area contributed by atoms with Gasteiger partial charge in [0, 0.05) is 0 Å². The molecule has 0 saturated carbocycles. The van der Waals surface area contributed by atoms with Gasteiger partial charge in [0.2, 0.25) is 0 Å².